The zero-order chi connectivity index (χ0) is 15.4. The fraction of sp³-hybridized carbons (Fsp3) is 0.538. The van der Waals surface area contributed by atoms with Crippen LogP contribution in [0.2, 0.25) is 0 Å². The molecule has 110 valence electrons. The van der Waals surface area contributed by atoms with Gasteiger partial charge in [0.15, 0.2) is 5.60 Å². The van der Waals surface area contributed by atoms with Crippen molar-refractivity contribution < 1.29 is 17.9 Å². The zero-order valence-corrected chi connectivity index (χ0v) is 11.5. The van der Waals surface area contributed by atoms with Crippen molar-refractivity contribution in [2.24, 2.45) is 0 Å². The van der Waals surface area contributed by atoms with Crippen LogP contribution in [-0.4, -0.2) is 22.1 Å². The van der Waals surface area contributed by atoms with Crippen molar-refractivity contribution in [2.75, 3.05) is 11.9 Å². The van der Waals surface area contributed by atoms with Gasteiger partial charge in [0.05, 0.1) is 0 Å². The van der Waals surface area contributed by atoms with Gasteiger partial charge in [0, 0.05) is 12.6 Å². The molecule has 0 aliphatic carbocycles. The maximum atomic E-state index is 12.7. The quantitative estimate of drug-likeness (QED) is 0.845. The Kier molecular flexibility index (Phi) is 4.82. The van der Waals surface area contributed by atoms with Crippen molar-refractivity contribution >= 4 is 5.82 Å². The first-order chi connectivity index (χ1) is 9.18. The van der Waals surface area contributed by atoms with Gasteiger partial charge in [-0.1, -0.05) is 12.8 Å². The Bertz CT molecular complexity index is 507. The fourth-order valence-corrected chi connectivity index (χ4v) is 1.24. The summed E-state index contributed by atoms with van der Waals surface area (Å²) >= 11 is 0. The lowest BCUT2D eigenvalue weighted by Gasteiger charge is -2.20. The predicted octanol–water partition coefficient (Wildman–Crippen LogP) is 3.11. The maximum absolute atomic E-state index is 12.7. The number of terminal acetylenes is 1. The molecule has 0 bridgehead atoms. The normalized spacial score (nSPS) is 11.8. The summed E-state index contributed by atoms with van der Waals surface area (Å²) in [6.07, 6.45) is 1.34. The molecule has 0 aliphatic heterocycles. The van der Waals surface area contributed by atoms with E-state index < -0.39 is 17.6 Å². The van der Waals surface area contributed by atoms with E-state index in [-0.39, 0.29) is 11.7 Å². The van der Waals surface area contributed by atoms with Crippen LogP contribution in [-0.2, 0) is 6.18 Å². The average molecular weight is 287 g/mol. The van der Waals surface area contributed by atoms with Crippen LogP contribution in [0.5, 0.6) is 5.88 Å². The number of halogens is 3. The van der Waals surface area contributed by atoms with Crippen molar-refractivity contribution in [2.45, 2.75) is 39.0 Å². The SMILES string of the molecule is C#CC(C)(C)Oc1cc(NCCC)nc(C(F)(F)F)n1. The topological polar surface area (TPSA) is 47.0 Å². The van der Waals surface area contributed by atoms with E-state index in [1.54, 1.807) is 13.8 Å². The van der Waals surface area contributed by atoms with Crippen LogP contribution in [0.15, 0.2) is 6.07 Å². The number of nitrogens with zero attached hydrogens (tertiary/aromatic N) is 2. The summed E-state index contributed by atoms with van der Waals surface area (Å²) in [7, 11) is 0. The monoisotopic (exact) mass is 287 g/mol. The van der Waals surface area contributed by atoms with E-state index in [9.17, 15) is 13.2 Å². The Morgan fingerprint density at radius 3 is 2.50 bits per heavy atom. The van der Waals surface area contributed by atoms with Crippen LogP contribution >= 0.6 is 0 Å². The molecule has 0 saturated heterocycles. The van der Waals surface area contributed by atoms with Gasteiger partial charge in [-0.05, 0) is 20.3 Å². The summed E-state index contributed by atoms with van der Waals surface area (Å²) in [5, 5.41) is 2.77. The first-order valence-corrected chi connectivity index (χ1v) is 6.05. The summed E-state index contributed by atoms with van der Waals surface area (Å²) in [5.74, 6) is 0.903. The largest absolute Gasteiger partial charge is 0.458 e. The molecule has 1 aromatic rings. The molecular formula is C13H16F3N3O. The minimum Gasteiger partial charge on any atom is -0.458 e. The zero-order valence-electron chi connectivity index (χ0n) is 11.5. The molecular weight excluding hydrogens is 271 g/mol. The molecule has 0 aromatic carbocycles. The first-order valence-electron chi connectivity index (χ1n) is 6.05. The van der Waals surface area contributed by atoms with Crippen LogP contribution in [0.25, 0.3) is 0 Å². The van der Waals surface area contributed by atoms with E-state index in [2.05, 4.69) is 21.2 Å². The molecule has 0 radical (unpaired) electrons. The molecule has 4 nitrogen and oxygen atoms in total. The lowest BCUT2D eigenvalue weighted by molar-refractivity contribution is -0.145. The van der Waals surface area contributed by atoms with Crippen LogP contribution in [0.3, 0.4) is 0 Å². The van der Waals surface area contributed by atoms with Gasteiger partial charge in [0.1, 0.15) is 5.82 Å². The van der Waals surface area contributed by atoms with Gasteiger partial charge in [0.2, 0.25) is 11.7 Å². The number of rotatable bonds is 5. The minimum atomic E-state index is -4.65. The second-order valence-electron chi connectivity index (χ2n) is 4.60. The molecule has 0 unspecified atom stereocenters. The Labute approximate surface area is 115 Å². The van der Waals surface area contributed by atoms with E-state index >= 15 is 0 Å². The molecule has 1 N–H and O–H groups in total. The first kappa shape index (κ1) is 16.1. The van der Waals surface area contributed by atoms with Crippen molar-refractivity contribution in [3.63, 3.8) is 0 Å². The van der Waals surface area contributed by atoms with Crippen LogP contribution in [0.4, 0.5) is 19.0 Å². The number of ether oxygens (including phenoxy) is 1. The average Bonchev–Trinajstić information content (AvgIpc) is 2.34. The number of aromatic nitrogens is 2. The summed E-state index contributed by atoms with van der Waals surface area (Å²) in [4.78, 5) is 6.77. The van der Waals surface area contributed by atoms with Gasteiger partial charge in [-0.3, -0.25) is 0 Å². The maximum Gasteiger partial charge on any atom is 0.451 e. The predicted molar refractivity (Wildman–Crippen MR) is 69.4 cm³/mol. The highest BCUT2D eigenvalue weighted by molar-refractivity contribution is 5.39. The summed E-state index contributed by atoms with van der Waals surface area (Å²) in [6.45, 7) is 5.49. The highest BCUT2D eigenvalue weighted by Gasteiger charge is 2.36. The third-order valence-corrected chi connectivity index (χ3v) is 2.22. The van der Waals surface area contributed by atoms with Gasteiger partial charge in [-0.25, -0.2) is 4.98 Å². The molecule has 1 aromatic heterocycles. The lowest BCUT2D eigenvalue weighted by atomic mass is 10.1. The Morgan fingerprint density at radius 2 is 2.00 bits per heavy atom. The lowest BCUT2D eigenvalue weighted by Crippen LogP contribution is -2.27. The van der Waals surface area contributed by atoms with Gasteiger partial charge in [0.25, 0.3) is 0 Å². The van der Waals surface area contributed by atoms with E-state index in [0.29, 0.717) is 6.54 Å². The Hall–Kier alpha value is -1.97. The van der Waals surface area contributed by atoms with E-state index in [1.807, 2.05) is 6.92 Å². The molecule has 0 aliphatic rings. The van der Waals surface area contributed by atoms with Crippen molar-refractivity contribution in [1.29, 1.82) is 0 Å². The highest BCUT2D eigenvalue weighted by atomic mass is 19.4. The second kappa shape index (κ2) is 5.99. The van der Waals surface area contributed by atoms with Crippen LogP contribution < -0.4 is 10.1 Å². The van der Waals surface area contributed by atoms with Crippen LogP contribution in [0, 0.1) is 12.3 Å². The smallest absolute Gasteiger partial charge is 0.451 e. The van der Waals surface area contributed by atoms with Crippen molar-refractivity contribution in [1.82, 2.24) is 9.97 Å². The molecule has 0 saturated carbocycles. The number of anilines is 1. The minimum absolute atomic E-state index is 0.0528. The Morgan fingerprint density at radius 1 is 1.35 bits per heavy atom. The van der Waals surface area contributed by atoms with Gasteiger partial charge in [-0.15, -0.1) is 6.42 Å². The summed E-state index contributed by atoms with van der Waals surface area (Å²) < 4.78 is 43.5. The molecule has 1 heterocycles. The van der Waals surface area contributed by atoms with E-state index in [0.717, 1.165) is 6.42 Å². The fourth-order valence-electron chi connectivity index (χ4n) is 1.24. The van der Waals surface area contributed by atoms with Crippen molar-refractivity contribution in [3.8, 4) is 18.2 Å². The van der Waals surface area contributed by atoms with Gasteiger partial charge in [-0.2, -0.15) is 18.2 Å². The number of hydrogen-bond donors (Lipinski definition) is 1. The third-order valence-electron chi connectivity index (χ3n) is 2.22. The molecule has 0 atom stereocenters. The molecule has 20 heavy (non-hydrogen) atoms. The molecule has 0 amide bonds. The van der Waals surface area contributed by atoms with Crippen LogP contribution in [0.1, 0.15) is 33.0 Å². The van der Waals surface area contributed by atoms with Gasteiger partial charge < -0.3 is 10.1 Å². The van der Waals surface area contributed by atoms with E-state index in [4.69, 9.17) is 11.2 Å². The summed E-state index contributed by atoms with van der Waals surface area (Å²) in [6, 6.07) is 1.30. The molecule has 0 fully saturated rings. The van der Waals surface area contributed by atoms with Crippen molar-refractivity contribution in [3.05, 3.63) is 11.9 Å². The standard InChI is InChI=1S/C13H16F3N3O/c1-5-7-17-9-8-10(20-12(3,4)6-2)19-11(18-9)13(14,15)16/h2,8H,5,7H2,1,3-4H3,(H,17,18,19). The number of alkyl halides is 3. The highest BCUT2D eigenvalue weighted by Crippen LogP contribution is 2.29. The van der Waals surface area contributed by atoms with E-state index in [1.165, 1.54) is 6.07 Å². The molecule has 0 spiro atoms. The summed E-state index contributed by atoms with van der Waals surface area (Å²) in [5.41, 5.74) is -1.06. The molecule has 1 rings (SSSR count). The Balaban J connectivity index is 3.14. The molecule has 7 heteroatoms. The number of hydrogen-bond acceptors (Lipinski definition) is 4. The number of nitrogens with one attached hydrogen (secondary N) is 1. The third kappa shape index (κ3) is 4.61. The second-order valence-corrected chi connectivity index (χ2v) is 4.60. The van der Waals surface area contributed by atoms with Gasteiger partial charge >= 0.3 is 6.18 Å².